The van der Waals surface area contributed by atoms with Crippen LogP contribution in [0, 0.1) is 5.92 Å². The predicted molar refractivity (Wildman–Crippen MR) is 244 cm³/mol. The zero-order valence-corrected chi connectivity index (χ0v) is 36.9. The lowest BCUT2D eigenvalue weighted by Crippen LogP contribution is -2.50. The van der Waals surface area contributed by atoms with Gasteiger partial charge in [-0.2, -0.15) is 0 Å². The van der Waals surface area contributed by atoms with Gasteiger partial charge in [0.1, 0.15) is 6.04 Å². The second kappa shape index (κ2) is 18.9. The maximum atomic E-state index is 14.1. The van der Waals surface area contributed by atoms with Crippen LogP contribution in [-0.4, -0.2) is 97.5 Å². The number of fused-ring (bicyclic) bond motifs is 6. The fourth-order valence-electron chi connectivity index (χ4n) is 8.46. The van der Waals surface area contributed by atoms with E-state index in [-0.39, 0.29) is 41.6 Å². The molecule has 4 heterocycles. The number of carbonyl (C=O) groups excluding carboxylic acids is 4. The minimum Gasteiger partial charge on any atom is -0.493 e. The van der Waals surface area contributed by atoms with Crippen LogP contribution in [-0.2, 0) is 35.5 Å². The van der Waals surface area contributed by atoms with Gasteiger partial charge in [-0.3, -0.25) is 29.2 Å². The number of nitrogens with one attached hydrogen (secondary N) is 2. The van der Waals surface area contributed by atoms with Crippen molar-refractivity contribution in [2.45, 2.75) is 90.1 Å². The molecular formula is C49H55N7O8. The van der Waals surface area contributed by atoms with E-state index < -0.39 is 12.1 Å². The molecule has 15 heteroatoms. The molecule has 4 atom stereocenters. The first-order chi connectivity index (χ1) is 30.9. The van der Waals surface area contributed by atoms with Crippen LogP contribution in [0.15, 0.2) is 76.7 Å². The summed E-state index contributed by atoms with van der Waals surface area (Å²) in [4.78, 5) is 66.3. The molecule has 0 fully saturated rings. The summed E-state index contributed by atoms with van der Waals surface area (Å²) in [5.74, 6) is 0.847. The molecule has 0 saturated heterocycles. The van der Waals surface area contributed by atoms with Crippen molar-refractivity contribution in [1.82, 2.24) is 15.1 Å². The lowest BCUT2D eigenvalue weighted by atomic mass is 9.93. The van der Waals surface area contributed by atoms with Crippen molar-refractivity contribution < 1.29 is 38.1 Å². The van der Waals surface area contributed by atoms with Gasteiger partial charge in [-0.05, 0) is 91.5 Å². The summed E-state index contributed by atoms with van der Waals surface area (Å²) < 4.78 is 23.7. The number of amides is 4. The highest BCUT2D eigenvalue weighted by molar-refractivity contribution is 6.04. The second-order valence-corrected chi connectivity index (χ2v) is 17.0. The Bertz CT molecular complexity index is 2520. The van der Waals surface area contributed by atoms with Gasteiger partial charge in [0.05, 0.1) is 68.1 Å². The summed E-state index contributed by atoms with van der Waals surface area (Å²) in [5, 5.41) is 5.56. The summed E-state index contributed by atoms with van der Waals surface area (Å²) in [7, 11) is 3.11. The van der Waals surface area contributed by atoms with E-state index in [2.05, 4.69) is 22.8 Å². The van der Waals surface area contributed by atoms with Crippen LogP contribution >= 0.6 is 0 Å². The van der Waals surface area contributed by atoms with E-state index in [1.165, 1.54) is 5.56 Å². The Balaban J connectivity index is 0.841. The highest BCUT2D eigenvalue weighted by Crippen LogP contribution is 2.40. The Hall–Kier alpha value is -6.74. The number of hydrogen-bond donors (Lipinski definition) is 3. The zero-order chi connectivity index (χ0) is 45.1. The van der Waals surface area contributed by atoms with Crippen LogP contribution in [0.5, 0.6) is 23.0 Å². The summed E-state index contributed by atoms with van der Waals surface area (Å²) in [5.41, 5.74) is 12.8. The standard InChI is InChI=1S/C49H55N7O8/c1-28(2)45(50)47(58)53-29(3)46(57)54-34-14-13-31-19-36-25-52-40-23-44(42(62-5)21-38(40)49(60)56(36)27-33(31)17-34)64-16-10-6-9-15-63-43-22-39-37(20-41(43)61-4)48(59)55-26-32-12-8-7-11-30(32)18-35(55)24-51-39/h7-8,11-14,17,20-25,28-29,35-36,45H,6,9-10,15-16,18-19,26-27,50H2,1-5H3,(H,53,58)(H,54,57)/t29-,35-,36-,45-/m0/s1. The first-order valence-corrected chi connectivity index (χ1v) is 21.9. The number of rotatable bonds is 15. The van der Waals surface area contributed by atoms with Crippen molar-refractivity contribution in [1.29, 1.82) is 0 Å². The maximum Gasteiger partial charge on any atom is 0.257 e. The monoisotopic (exact) mass is 869 g/mol. The molecule has 64 heavy (non-hydrogen) atoms. The van der Waals surface area contributed by atoms with Gasteiger partial charge in [0, 0.05) is 43.3 Å². The lowest BCUT2D eigenvalue weighted by Gasteiger charge is -2.34. The normalized spacial score (nSPS) is 17.9. The number of hydrogen-bond acceptors (Lipinski definition) is 11. The third-order valence-corrected chi connectivity index (χ3v) is 12.3. The molecule has 4 aliphatic heterocycles. The average Bonchev–Trinajstić information content (AvgIpc) is 3.51. The molecule has 0 aliphatic carbocycles. The number of nitrogens with two attached hydrogens (primary N) is 1. The number of anilines is 1. The number of nitrogens with zero attached hydrogens (tertiary/aromatic N) is 4. The average molecular weight is 870 g/mol. The van der Waals surface area contributed by atoms with Crippen molar-refractivity contribution in [2.24, 2.45) is 21.6 Å². The SMILES string of the molecule is COc1cc2c(cc1OCCCCCOc1cc3c(cc1OC)C(=O)N1Cc4cc(NC(=O)[C@H](C)NC(=O)[C@@H](N)C(C)C)ccc4C[C@H]1C=N3)N=C[C@@H]1Cc3ccccc3CN1C2=O. The summed E-state index contributed by atoms with van der Waals surface area (Å²) in [6.07, 6.45) is 7.24. The summed E-state index contributed by atoms with van der Waals surface area (Å²) >= 11 is 0. The first-order valence-electron chi connectivity index (χ1n) is 21.9. The topological polar surface area (TPSA) is 186 Å². The third kappa shape index (κ3) is 9.16. The van der Waals surface area contributed by atoms with Crippen LogP contribution in [0.3, 0.4) is 0 Å². The van der Waals surface area contributed by atoms with Gasteiger partial charge in [0.2, 0.25) is 11.8 Å². The molecule has 0 aromatic heterocycles. The second-order valence-electron chi connectivity index (χ2n) is 17.0. The van der Waals surface area contributed by atoms with E-state index in [0.717, 1.165) is 42.4 Å². The maximum absolute atomic E-state index is 14.1. The van der Waals surface area contributed by atoms with Gasteiger partial charge in [0.15, 0.2) is 23.0 Å². The van der Waals surface area contributed by atoms with Crippen molar-refractivity contribution in [2.75, 3.05) is 32.8 Å². The van der Waals surface area contributed by atoms with Crippen LogP contribution in [0.4, 0.5) is 17.1 Å². The molecule has 4 amide bonds. The Morgan fingerprint density at radius 3 is 1.77 bits per heavy atom. The number of methoxy groups -OCH3 is 2. The van der Waals surface area contributed by atoms with Gasteiger partial charge < -0.3 is 45.1 Å². The fourth-order valence-corrected chi connectivity index (χ4v) is 8.46. The van der Waals surface area contributed by atoms with Crippen LogP contribution in [0.1, 0.15) is 83.0 Å². The van der Waals surface area contributed by atoms with Crippen LogP contribution < -0.4 is 35.3 Å². The largest absolute Gasteiger partial charge is 0.493 e. The molecule has 0 unspecified atom stereocenters. The van der Waals surface area contributed by atoms with E-state index in [1.807, 2.05) is 55.3 Å². The van der Waals surface area contributed by atoms with Crippen molar-refractivity contribution in [3.8, 4) is 23.0 Å². The quantitative estimate of drug-likeness (QED) is 0.115. The van der Waals surface area contributed by atoms with Gasteiger partial charge in [-0.1, -0.05) is 44.2 Å². The van der Waals surface area contributed by atoms with E-state index in [4.69, 9.17) is 34.7 Å². The summed E-state index contributed by atoms with van der Waals surface area (Å²) in [6.45, 7) is 6.99. The highest BCUT2D eigenvalue weighted by Gasteiger charge is 2.35. The molecule has 8 rings (SSSR count). The Labute approximate surface area is 373 Å². The first kappa shape index (κ1) is 43.9. The van der Waals surface area contributed by atoms with E-state index >= 15 is 0 Å². The molecule has 15 nitrogen and oxygen atoms in total. The van der Waals surface area contributed by atoms with Crippen molar-refractivity contribution in [3.63, 3.8) is 0 Å². The number of benzene rings is 4. The molecule has 4 aromatic carbocycles. The van der Waals surface area contributed by atoms with Gasteiger partial charge >= 0.3 is 0 Å². The molecule has 0 saturated carbocycles. The lowest BCUT2D eigenvalue weighted by molar-refractivity contribution is -0.127. The molecule has 4 aliphatic rings. The van der Waals surface area contributed by atoms with Crippen LogP contribution in [0.25, 0.3) is 0 Å². The molecular weight excluding hydrogens is 815 g/mol. The summed E-state index contributed by atoms with van der Waals surface area (Å²) in [6, 6.07) is 18.9. The van der Waals surface area contributed by atoms with E-state index in [9.17, 15) is 19.2 Å². The smallest absolute Gasteiger partial charge is 0.257 e. The van der Waals surface area contributed by atoms with Gasteiger partial charge in [-0.15, -0.1) is 0 Å². The van der Waals surface area contributed by atoms with Crippen molar-refractivity contribution in [3.05, 3.63) is 100 Å². The Morgan fingerprint density at radius 2 is 1.22 bits per heavy atom. The van der Waals surface area contributed by atoms with Crippen molar-refractivity contribution >= 4 is 53.1 Å². The Kier molecular flexibility index (Phi) is 13.0. The molecule has 334 valence electrons. The number of unbranched alkanes of at least 4 members (excludes halogenated alkanes) is 2. The molecule has 0 spiro atoms. The number of carbonyl (C=O) groups is 4. The van der Waals surface area contributed by atoms with Gasteiger partial charge in [0.25, 0.3) is 11.8 Å². The van der Waals surface area contributed by atoms with Crippen LogP contribution in [0.2, 0.25) is 0 Å². The third-order valence-electron chi connectivity index (χ3n) is 12.3. The number of ether oxygens (including phenoxy) is 4. The minimum absolute atomic E-state index is 0.0654. The predicted octanol–water partition coefficient (Wildman–Crippen LogP) is 6.32. The molecule has 0 radical (unpaired) electrons. The highest BCUT2D eigenvalue weighted by atomic mass is 16.5. The zero-order valence-electron chi connectivity index (χ0n) is 36.9. The fraction of sp³-hybridized carbons (Fsp3) is 0.388. The van der Waals surface area contributed by atoms with Gasteiger partial charge in [-0.25, -0.2) is 0 Å². The minimum atomic E-state index is -0.794. The Morgan fingerprint density at radius 1 is 0.688 bits per heavy atom. The van der Waals surface area contributed by atoms with E-state index in [0.29, 0.717) is 83.9 Å². The number of aliphatic imine (C=N–C) groups is 2. The van der Waals surface area contributed by atoms with E-state index in [1.54, 1.807) is 56.5 Å². The molecule has 4 N–H and O–H groups in total. The molecule has 4 aromatic rings. The molecule has 0 bridgehead atoms.